The van der Waals surface area contributed by atoms with Crippen molar-refractivity contribution in [2.45, 2.75) is 40.2 Å². The van der Waals surface area contributed by atoms with Crippen LogP contribution in [0.2, 0.25) is 0 Å². The number of carbonyl (C=O) groups is 1. The molecule has 0 aromatic carbocycles. The lowest BCUT2D eigenvalue weighted by atomic mass is 10.1. The van der Waals surface area contributed by atoms with Gasteiger partial charge in [-0.1, -0.05) is 0 Å². The van der Waals surface area contributed by atoms with Gasteiger partial charge in [0.25, 0.3) is 5.91 Å². The van der Waals surface area contributed by atoms with Gasteiger partial charge in [-0.15, -0.1) is 0 Å². The third-order valence-electron chi connectivity index (χ3n) is 2.94. The third kappa shape index (κ3) is 3.53. The molecule has 18 heavy (non-hydrogen) atoms. The molecule has 0 aliphatic rings. The molecule has 1 rings (SSSR count). The van der Waals surface area contributed by atoms with Crippen molar-refractivity contribution >= 4 is 5.91 Å². The van der Waals surface area contributed by atoms with E-state index in [-0.39, 0.29) is 11.9 Å². The molecule has 0 radical (unpaired) electrons. The van der Waals surface area contributed by atoms with Crippen molar-refractivity contribution in [1.29, 1.82) is 0 Å². The van der Waals surface area contributed by atoms with Gasteiger partial charge in [-0.05, 0) is 52.8 Å². The van der Waals surface area contributed by atoms with E-state index in [0.717, 1.165) is 17.8 Å². The fourth-order valence-electron chi connectivity index (χ4n) is 1.92. The number of carbonyl (C=O) groups excluding carboxylic acids is 1. The first-order valence-electron chi connectivity index (χ1n) is 6.42. The van der Waals surface area contributed by atoms with Crippen molar-refractivity contribution in [3.63, 3.8) is 0 Å². The van der Waals surface area contributed by atoms with Crippen LogP contribution >= 0.6 is 0 Å². The molecule has 4 nitrogen and oxygen atoms in total. The minimum absolute atomic E-state index is 0.0449. The molecule has 0 spiro atoms. The molecular formula is C14H23N3O. The maximum Gasteiger partial charge on any atom is 0.255 e. The van der Waals surface area contributed by atoms with Gasteiger partial charge in [0.2, 0.25) is 0 Å². The van der Waals surface area contributed by atoms with Crippen molar-refractivity contribution in [1.82, 2.24) is 9.88 Å². The molecule has 0 bridgehead atoms. The lowest BCUT2D eigenvalue weighted by Gasteiger charge is -2.27. The van der Waals surface area contributed by atoms with Gasteiger partial charge in [0.05, 0.1) is 11.3 Å². The highest BCUT2D eigenvalue weighted by Gasteiger charge is 2.20. The van der Waals surface area contributed by atoms with E-state index >= 15 is 0 Å². The van der Waals surface area contributed by atoms with Crippen LogP contribution in [0.5, 0.6) is 0 Å². The SMILES string of the molecule is Cc1ccc(C(=O)N(CCCN)C(C)C)c(C)n1. The zero-order valence-corrected chi connectivity index (χ0v) is 11.7. The Balaban J connectivity index is 2.94. The minimum Gasteiger partial charge on any atom is -0.336 e. The van der Waals surface area contributed by atoms with E-state index in [2.05, 4.69) is 4.98 Å². The van der Waals surface area contributed by atoms with Crippen LogP contribution in [0.3, 0.4) is 0 Å². The van der Waals surface area contributed by atoms with Crippen LogP contribution in [0.1, 0.15) is 42.0 Å². The maximum atomic E-state index is 12.5. The Hall–Kier alpha value is -1.42. The van der Waals surface area contributed by atoms with Crippen molar-refractivity contribution in [2.75, 3.05) is 13.1 Å². The van der Waals surface area contributed by atoms with E-state index in [1.54, 1.807) is 0 Å². The summed E-state index contributed by atoms with van der Waals surface area (Å²) in [6.07, 6.45) is 0.822. The number of aromatic nitrogens is 1. The van der Waals surface area contributed by atoms with Crippen molar-refractivity contribution in [3.05, 3.63) is 29.1 Å². The summed E-state index contributed by atoms with van der Waals surface area (Å²) in [6.45, 7) is 9.14. The van der Waals surface area contributed by atoms with E-state index in [1.807, 2.05) is 44.7 Å². The van der Waals surface area contributed by atoms with Gasteiger partial charge in [-0.25, -0.2) is 0 Å². The maximum absolute atomic E-state index is 12.5. The Morgan fingerprint density at radius 3 is 2.56 bits per heavy atom. The van der Waals surface area contributed by atoms with Crippen molar-refractivity contribution < 1.29 is 4.79 Å². The summed E-state index contributed by atoms with van der Waals surface area (Å²) in [5, 5.41) is 0. The highest BCUT2D eigenvalue weighted by Crippen LogP contribution is 2.12. The lowest BCUT2D eigenvalue weighted by molar-refractivity contribution is 0.0703. The smallest absolute Gasteiger partial charge is 0.255 e. The lowest BCUT2D eigenvalue weighted by Crippen LogP contribution is -2.38. The van der Waals surface area contributed by atoms with Gasteiger partial charge >= 0.3 is 0 Å². The first-order chi connectivity index (χ1) is 8.47. The van der Waals surface area contributed by atoms with Crippen LogP contribution in [0.4, 0.5) is 0 Å². The predicted molar refractivity (Wildman–Crippen MR) is 73.6 cm³/mol. The fraction of sp³-hybridized carbons (Fsp3) is 0.571. The molecule has 1 amide bonds. The number of rotatable bonds is 5. The first-order valence-corrected chi connectivity index (χ1v) is 6.42. The molecule has 0 unspecified atom stereocenters. The van der Waals surface area contributed by atoms with Crippen LogP contribution < -0.4 is 5.73 Å². The standard InChI is InChI=1S/C14H23N3O/c1-10(2)17(9-5-8-15)14(18)13-7-6-11(3)16-12(13)4/h6-7,10H,5,8-9,15H2,1-4H3. The summed E-state index contributed by atoms with van der Waals surface area (Å²) in [7, 11) is 0. The second-order valence-electron chi connectivity index (χ2n) is 4.82. The highest BCUT2D eigenvalue weighted by molar-refractivity contribution is 5.95. The van der Waals surface area contributed by atoms with E-state index < -0.39 is 0 Å². The normalized spacial score (nSPS) is 10.8. The van der Waals surface area contributed by atoms with Gasteiger partial charge in [-0.3, -0.25) is 9.78 Å². The molecule has 2 N–H and O–H groups in total. The molecule has 0 aliphatic heterocycles. The van der Waals surface area contributed by atoms with Gasteiger partial charge < -0.3 is 10.6 Å². The Bertz CT molecular complexity index is 416. The zero-order chi connectivity index (χ0) is 13.7. The summed E-state index contributed by atoms with van der Waals surface area (Å²) < 4.78 is 0. The summed E-state index contributed by atoms with van der Waals surface area (Å²) in [5.41, 5.74) is 7.92. The number of hydrogen-bond donors (Lipinski definition) is 1. The number of aryl methyl sites for hydroxylation is 2. The van der Waals surface area contributed by atoms with Gasteiger partial charge in [-0.2, -0.15) is 0 Å². The zero-order valence-electron chi connectivity index (χ0n) is 11.7. The Labute approximate surface area is 109 Å². The fourth-order valence-corrected chi connectivity index (χ4v) is 1.92. The second-order valence-corrected chi connectivity index (χ2v) is 4.82. The van der Waals surface area contributed by atoms with E-state index in [0.29, 0.717) is 18.7 Å². The molecule has 0 saturated heterocycles. The number of hydrogen-bond acceptors (Lipinski definition) is 3. The van der Waals surface area contributed by atoms with Crippen molar-refractivity contribution in [2.24, 2.45) is 5.73 Å². The Morgan fingerprint density at radius 1 is 1.39 bits per heavy atom. The van der Waals surface area contributed by atoms with Gasteiger partial charge in [0.15, 0.2) is 0 Å². The predicted octanol–water partition coefficient (Wildman–Crippen LogP) is 1.90. The monoisotopic (exact) mass is 249 g/mol. The van der Waals surface area contributed by atoms with Crippen molar-refractivity contribution in [3.8, 4) is 0 Å². The van der Waals surface area contributed by atoms with Crippen LogP contribution in [0.25, 0.3) is 0 Å². The summed E-state index contributed by atoms with van der Waals surface area (Å²) in [6, 6.07) is 3.91. The second kappa shape index (κ2) is 6.50. The molecule has 0 fully saturated rings. The molecular weight excluding hydrogens is 226 g/mol. The average Bonchev–Trinajstić information content (AvgIpc) is 2.28. The molecule has 1 heterocycles. The Kier molecular flexibility index (Phi) is 5.28. The first kappa shape index (κ1) is 14.6. The summed E-state index contributed by atoms with van der Waals surface area (Å²) in [4.78, 5) is 18.7. The highest BCUT2D eigenvalue weighted by atomic mass is 16.2. The molecule has 100 valence electrons. The summed E-state index contributed by atoms with van der Waals surface area (Å²) >= 11 is 0. The number of nitrogens with two attached hydrogens (primary N) is 1. The Morgan fingerprint density at radius 2 is 2.06 bits per heavy atom. The molecule has 1 aromatic rings. The molecule has 0 atom stereocenters. The van der Waals surface area contributed by atoms with Crippen LogP contribution in [-0.4, -0.2) is 34.9 Å². The average molecular weight is 249 g/mol. The van der Waals surface area contributed by atoms with E-state index in [1.165, 1.54) is 0 Å². The van der Waals surface area contributed by atoms with E-state index in [4.69, 9.17) is 5.73 Å². The minimum atomic E-state index is 0.0449. The summed E-state index contributed by atoms with van der Waals surface area (Å²) in [5.74, 6) is 0.0449. The quantitative estimate of drug-likeness (QED) is 0.867. The van der Waals surface area contributed by atoms with Gasteiger partial charge in [0.1, 0.15) is 0 Å². The number of nitrogens with zero attached hydrogens (tertiary/aromatic N) is 2. The number of pyridine rings is 1. The van der Waals surface area contributed by atoms with E-state index in [9.17, 15) is 4.79 Å². The number of amides is 1. The molecule has 1 aromatic heterocycles. The molecule has 4 heteroatoms. The van der Waals surface area contributed by atoms with Crippen LogP contribution in [-0.2, 0) is 0 Å². The third-order valence-corrected chi connectivity index (χ3v) is 2.94. The van der Waals surface area contributed by atoms with Gasteiger partial charge in [0, 0.05) is 18.3 Å². The topological polar surface area (TPSA) is 59.2 Å². The van der Waals surface area contributed by atoms with Crippen LogP contribution in [0, 0.1) is 13.8 Å². The molecule has 0 aliphatic carbocycles. The largest absolute Gasteiger partial charge is 0.336 e. The molecule has 0 saturated carbocycles. The van der Waals surface area contributed by atoms with Crippen LogP contribution in [0.15, 0.2) is 12.1 Å².